The zero-order valence-corrected chi connectivity index (χ0v) is 10.7. The van der Waals surface area contributed by atoms with Gasteiger partial charge in [-0.1, -0.05) is 30.0 Å². The van der Waals surface area contributed by atoms with Crippen molar-refractivity contribution in [1.29, 1.82) is 0 Å². The first-order valence-electron chi connectivity index (χ1n) is 5.54. The van der Waals surface area contributed by atoms with Crippen molar-refractivity contribution in [3.05, 3.63) is 53.7 Å². The molecule has 0 aliphatic rings. The highest BCUT2D eigenvalue weighted by Crippen LogP contribution is 2.29. The van der Waals surface area contributed by atoms with E-state index in [9.17, 15) is 5.11 Å². The first-order valence-corrected chi connectivity index (χ1v) is 6.36. The summed E-state index contributed by atoms with van der Waals surface area (Å²) in [6, 6.07) is 12.0. The van der Waals surface area contributed by atoms with E-state index in [4.69, 9.17) is 0 Å². The van der Waals surface area contributed by atoms with Crippen molar-refractivity contribution in [2.75, 3.05) is 0 Å². The monoisotopic (exact) mass is 245 g/mol. The average molecular weight is 245 g/mol. The molecule has 1 aromatic carbocycles. The number of hydrogen-bond acceptors (Lipinski definition) is 3. The number of rotatable bonds is 3. The van der Waals surface area contributed by atoms with Crippen LogP contribution in [-0.4, -0.2) is 10.1 Å². The fourth-order valence-electron chi connectivity index (χ4n) is 1.52. The third kappa shape index (κ3) is 3.08. The van der Waals surface area contributed by atoms with E-state index in [1.807, 2.05) is 24.3 Å². The Morgan fingerprint density at radius 1 is 1.24 bits per heavy atom. The van der Waals surface area contributed by atoms with Crippen LogP contribution < -0.4 is 0 Å². The molecule has 1 atom stereocenters. The molecule has 0 spiro atoms. The lowest BCUT2D eigenvalue weighted by atomic mass is 10.2. The van der Waals surface area contributed by atoms with Crippen LogP contribution in [0.3, 0.4) is 0 Å². The van der Waals surface area contributed by atoms with Gasteiger partial charge < -0.3 is 5.11 Å². The summed E-state index contributed by atoms with van der Waals surface area (Å²) in [6.45, 7) is 3.85. The Morgan fingerprint density at radius 2 is 2.00 bits per heavy atom. The summed E-state index contributed by atoms with van der Waals surface area (Å²) in [5.41, 5.74) is 2.14. The zero-order chi connectivity index (χ0) is 12.3. The molecule has 1 N–H and O–H groups in total. The van der Waals surface area contributed by atoms with E-state index in [2.05, 4.69) is 24.0 Å². The molecule has 0 bridgehead atoms. The maximum absolute atomic E-state index is 9.53. The second-order valence-corrected chi connectivity index (χ2v) is 5.03. The molecule has 0 aliphatic heterocycles. The van der Waals surface area contributed by atoms with Crippen LogP contribution in [-0.2, 0) is 0 Å². The standard InChI is InChI=1S/C14H15NOS/c1-10-5-3-4-6-13(10)17-14-9-12(11(2)16)7-8-15-14/h3-9,11,16H,1-2H3/t11-/m1/s1. The highest BCUT2D eigenvalue weighted by atomic mass is 32.2. The Kier molecular flexibility index (Phi) is 3.82. The lowest BCUT2D eigenvalue weighted by Crippen LogP contribution is -1.92. The van der Waals surface area contributed by atoms with Gasteiger partial charge >= 0.3 is 0 Å². The third-order valence-corrected chi connectivity index (χ3v) is 3.66. The summed E-state index contributed by atoms with van der Waals surface area (Å²) >= 11 is 1.62. The van der Waals surface area contributed by atoms with Crippen LogP contribution in [0.5, 0.6) is 0 Å². The van der Waals surface area contributed by atoms with Crippen molar-refractivity contribution >= 4 is 11.8 Å². The van der Waals surface area contributed by atoms with Crippen molar-refractivity contribution in [2.45, 2.75) is 29.9 Å². The first-order chi connectivity index (χ1) is 8.16. The molecule has 0 amide bonds. The summed E-state index contributed by atoms with van der Waals surface area (Å²) in [6.07, 6.45) is 1.29. The average Bonchev–Trinajstić information content (AvgIpc) is 2.32. The van der Waals surface area contributed by atoms with Crippen LogP contribution in [0.1, 0.15) is 24.2 Å². The van der Waals surface area contributed by atoms with Gasteiger partial charge in [-0.25, -0.2) is 4.98 Å². The smallest absolute Gasteiger partial charge is 0.101 e. The van der Waals surface area contributed by atoms with Crippen molar-refractivity contribution in [1.82, 2.24) is 4.98 Å². The van der Waals surface area contributed by atoms with E-state index >= 15 is 0 Å². The lowest BCUT2D eigenvalue weighted by molar-refractivity contribution is 0.199. The Labute approximate surface area is 106 Å². The largest absolute Gasteiger partial charge is 0.389 e. The SMILES string of the molecule is Cc1ccccc1Sc1cc([C@@H](C)O)ccn1. The summed E-state index contributed by atoms with van der Waals surface area (Å²) in [4.78, 5) is 5.51. The van der Waals surface area contributed by atoms with E-state index in [-0.39, 0.29) is 0 Å². The zero-order valence-electron chi connectivity index (χ0n) is 9.92. The molecule has 0 saturated heterocycles. The van der Waals surface area contributed by atoms with Gasteiger partial charge in [-0.3, -0.25) is 0 Å². The lowest BCUT2D eigenvalue weighted by Gasteiger charge is -2.07. The van der Waals surface area contributed by atoms with Crippen LogP contribution >= 0.6 is 11.8 Å². The molecular formula is C14H15NOS. The van der Waals surface area contributed by atoms with Gasteiger partial charge in [0.1, 0.15) is 5.03 Å². The van der Waals surface area contributed by atoms with Gasteiger partial charge in [0.15, 0.2) is 0 Å². The molecule has 88 valence electrons. The first kappa shape index (κ1) is 12.1. The van der Waals surface area contributed by atoms with Crippen LogP contribution in [0.15, 0.2) is 52.5 Å². The number of benzene rings is 1. The van der Waals surface area contributed by atoms with Crippen molar-refractivity contribution in [3.8, 4) is 0 Å². The maximum atomic E-state index is 9.53. The topological polar surface area (TPSA) is 33.1 Å². The van der Waals surface area contributed by atoms with Crippen LogP contribution in [0.25, 0.3) is 0 Å². The molecule has 1 heterocycles. The predicted molar refractivity (Wildman–Crippen MR) is 70.2 cm³/mol. The quantitative estimate of drug-likeness (QED) is 0.897. The van der Waals surface area contributed by atoms with Crippen LogP contribution in [0, 0.1) is 6.92 Å². The number of aromatic nitrogens is 1. The van der Waals surface area contributed by atoms with Gasteiger partial charge in [-0.15, -0.1) is 0 Å². The number of aryl methyl sites for hydroxylation is 1. The fraction of sp³-hybridized carbons (Fsp3) is 0.214. The molecule has 17 heavy (non-hydrogen) atoms. The minimum absolute atomic E-state index is 0.450. The van der Waals surface area contributed by atoms with Gasteiger partial charge in [0.25, 0.3) is 0 Å². The minimum atomic E-state index is -0.450. The van der Waals surface area contributed by atoms with Crippen LogP contribution in [0.4, 0.5) is 0 Å². The summed E-state index contributed by atoms with van der Waals surface area (Å²) in [7, 11) is 0. The molecule has 0 saturated carbocycles. The second kappa shape index (κ2) is 5.34. The Balaban J connectivity index is 2.25. The van der Waals surface area contributed by atoms with E-state index < -0.39 is 6.10 Å². The van der Waals surface area contributed by atoms with E-state index in [0.29, 0.717) is 0 Å². The predicted octanol–water partition coefficient (Wildman–Crippen LogP) is 3.59. The number of aliphatic hydroxyl groups is 1. The van der Waals surface area contributed by atoms with Crippen molar-refractivity contribution in [3.63, 3.8) is 0 Å². The van der Waals surface area contributed by atoms with Gasteiger partial charge in [-0.05, 0) is 43.2 Å². The Morgan fingerprint density at radius 3 is 2.71 bits per heavy atom. The molecular weight excluding hydrogens is 230 g/mol. The van der Waals surface area contributed by atoms with E-state index in [1.54, 1.807) is 24.9 Å². The van der Waals surface area contributed by atoms with Gasteiger partial charge in [0, 0.05) is 11.1 Å². The number of aliphatic hydroxyl groups excluding tert-OH is 1. The molecule has 3 heteroatoms. The molecule has 2 aromatic rings. The van der Waals surface area contributed by atoms with Crippen molar-refractivity contribution in [2.24, 2.45) is 0 Å². The second-order valence-electron chi connectivity index (χ2n) is 3.97. The Bertz CT molecular complexity index is 511. The fourth-order valence-corrected chi connectivity index (χ4v) is 2.43. The summed E-state index contributed by atoms with van der Waals surface area (Å²) < 4.78 is 0. The number of hydrogen-bond donors (Lipinski definition) is 1. The highest BCUT2D eigenvalue weighted by molar-refractivity contribution is 7.99. The van der Waals surface area contributed by atoms with Gasteiger partial charge in [0.2, 0.25) is 0 Å². The molecule has 1 aromatic heterocycles. The molecule has 0 radical (unpaired) electrons. The summed E-state index contributed by atoms with van der Waals surface area (Å²) in [5.74, 6) is 0. The minimum Gasteiger partial charge on any atom is -0.389 e. The van der Waals surface area contributed by atoms with Gasteiger partial charge in [-0.2, -0.15) is 0 Å². The summed E-state index contributed by atoms with van der Waals surface area (Å²) in [5, 5.41) is 10.4. The molecule has 0 unspecified atom stereocenters. The van der Waals surface area contributed by atoms with Gasteiger partial charge in [0.05, 0.1) is 6.10 Å². The van der Waals surface area contributed by atoms with E-state index in [0.717, 1.165) is 10.6 Å². The normalized spacial score (nSPS) is 12.4. The van der Waals surface area contributed by atoms with E-state index in [1.165, 1.54) is 10.5 Å². The third-order valence-electron chi connectivity index (χ3n) is 2.55. The molecule has 2 rings (SSSR count). The highest BCUT2D eigenvalue weighted by Gasteiger charge is 2.05. The Hall–Kier alpha value is -1.32. The maximum Gasteiger partial charge on any atom is 0.101 e. The molecule has 0 aliphatic carbocycles. The van der Waals surface area contributed by atoms with Crippen LogP contribution in [0.2, 0.25) is 0 Å². The number of pyridine rings is 1. The van der Waals surface area contributed by atoms with Crippen molar-refractivity contribution < 1.29 is 5.11 Å². The molecule has 2 nitrogen and oxygen atoms in total. The number of nitrogens with zero attached hydrogens (tertiary/aromatic N) is 1. The molecule has 0 fully saturated rings.